The van der Waals surface area contributed by atoms with Crippen molar-refractivity contribution in [3.05, 3.63) is 23.5 Å². The highest BCUT2D eigenvalue weighted by molar-refractivity contribution is 5.81. The fourth-order valence-electron chi connectivity index (χ4n) is 1.56. The van der Waals surface area contributed by atoms with E-state index in [9.17, 15) is 0 Å². The molecule has 0 radical (unpaired) electrons. The molecule has 0 unspecified atom stereocenters. The van der Waals surface area contributed by atoms with Gasteiger partial charge in [0.15, 0.2) is 5.65 Å². The van der Waals surface area contributed by atoms with E-state index in [1.807, 2.05) is 44.8 Å². The lowest BCUT2D eigenvalue weighted by atomic mass is 10.2. The molecular formula is C11H17N3. The molecule has 76 valence electrons. The van der Waals surface area contributed by atoms with Crippen molar-refractivity contribution in [2.45, 2.75) is 27.7 Å². The van der Waals surface area contributed by atoms with E-state index in [1.165, 1.54) is 10.9 Å². The lowest BCUT2D eigenvalue weighted by Crippen LogP contribution is -1.91. The van der Waals surface area contributed by atoms with E-state index < -0.39 is 0 Å². The van der Waals surface area contributed by atoms with Crippen molar-refractivity contribution in [2.75, 3.05) is 0 Å². The van der Waals surface area contributed by atoms with Gasteiger partial charge in [-0.25, -0.2) is 4.98 Å². The molecule has 0 aliphatic heterocycles. The summed E-state index contributed by atoms with van der Waals surface area (Å²) in [6.45, 7) is 8.09. The van der Waals surface area contributed by atoms with Crippen LogP contribution in [0.5, 0.6) is 0 Å². The number of hydrogen-bond donors (Lipinski definition) is 0. The maximum Gasteiger partial charge on any atom is 0.157 e. The molecule has 2 rings (SSSR count). The summed E-state index contributed by atoms with van der Waals surface area (Å²) >= 11 is 0. The van der Waals surface area contributed by atoms with Gasteiger partial charge in [-0.15, -0.1) is 0 Å². The molecule has 0 saturated carbocycles. The van der Waals surface area contributed by atoms with Crippen molar-refractivity contribution in [1.82, 2.24) is 14.8 Å². The van der Waals surface area contributed by atoms with Crippen molar-refractivity contribution in [1.29, 1.82) is 0 Å². The second kappa shape index (κ2) is 4.22. The largest absolute Gasteiger partial charge is 0.250 e. The quantitative estimate of drug-likeness (QED) is 0.641. The van der Waals surface area contributed by atoms with Gasteiger partial charge in [-0.1, -0.05) is 13.8 Å². The Labute approximate surface area is 84.8 Å². The van der Waals surface area contributed by atoms with Gasteiger partial charge >= 0.3 is 0 Å². The average molecular weight is 191 g/mol. The third-order valence-electron chi connectivity index (χ3n) is 2.11. The molecular weight excluding hydrogens is 174 g/mol. The first-order chi connectivity index (χ1) is 6.70. The maximum atomic E-state index is 4.31. The number of nitrogens with zero attached hydrogens (tertiary/aromatic N) is 3. The SMILES string of the molecule is CC.Cc1ccnc2c1c(C)nn2C. The summed E-state index contributed by atoms with van der Waals surface area (Å²) in [6, 6.07) is 2.01. The molecule has 3 nitrogen and oxygen atoms in total. The Kier molecular flexibility index (Phi) is 3.23. The first kappa shape index (κ1) is 10.7. The van der Waals surface area contributed by atoms with Gasteiger partial charge in [0.2, 0.25) is 0 Å². The molecule has 2 heterocycles. The predicted molar refractivity (Wildman–Crippen MR) is 59.3 cm³/mol. The van der Waals surface area contributed by atoms with Crippen LogP contribution < -0.4 is 0 Å². The van der Waals surface area contributed by atoms with Crippen LogP contribution in [0.4, 0.5) is 0 Å². The fraction of sp³-hybridized carbons (Fsp3) is 0.455. The van der Waals surface area contributed by atoms with Crippen molar-refractivity contribution >= 4 is 11.0 Å². The molecule has 0 saturated heterocycles. The number of aryl methyl sites for hydroxylation is 3. The van der Waals surface area contributed by atoms with Crippen molar-refractivity contribution in [3.63, 3.8) is 0 Å². The Bertz CT molecular complexity index is 429. The first-order valence-corrected chi connectivity index (χ1v) is 4.95. The van der Waals surface area contributed by atoms with E-state index in [1.54, 1.807) is 0 Å². The number of fused-ring (bicyclic) bond motifs is 1. The fourth-order valence-corrected chi connectivity index (χ4v) is 1.56. The van der Waals surface area contributed by atoms with E-state index >= 15 is 0 Å². The van der Waals surface area contributed by atoms with Gasteiger partial charge in [-0.05, 0) is 25.5 Å². The Hall–Kier alpha value is -1.38. The minimum atomic E-state index is 0.965. The van der Waals surface area contributed by atoms with Crippen molar-refractivity contribution < 1.29 is 0 Å². The van der Waals surface area contributed by atoms with Crippen LogP contribution in [0.1, 0.15) is 25.1 Å². The van der Waals surface area contributed by atoms with E-state index in [4.69, 9.17) is 0 Å². The van der Waals surface area contributed by atoms with Crippen molar-refractivity contribution in [3.8, 4) is 0 Å². The Balaban J connectivity index is 0.000000461. The van der Waals surface area contributed by atoms with Gasteiger partial charge in [0.1, 0.15) is 0 Å². The zero-order chi connectivity index (χ0) is 10.7. The molecule has 0 N–H and O–H groups in total. The summed E-state index contributed by atoms with van der Waals surface area (Å²) < 4.78 is 1.82. The summed E-state index contributed by atoms with van der Waals surface area (Å²) in [5, 5.41) is 5.49. The maximum absolute atomic E-state index is 4.31. The average Bonchev–Trinajstić information content (AvgIpc) is 2.47. The van der Waals surface area contributed by atoms with Crippen LogP contribution >= 0.6 is 0 Å². The van der Waals surface area contributed by atoms with Crippen LogP contribution in [0, 0.1) is 13.8 Å². The molecule has 0 spiro atoms. The van der Waals surface area contributed by atoms with E-state index in [0.29, 0.717) is 0 Å². The van der Waals surface area contributed by atoms with E-state index in [-0.39, 0.29) is 0 Å². The molecule has 3 heteroatoms. The highest BCUT2D eigenvalue weighted by atomic mass is 15.3. The van der Waals surface area contributed by atoms with Crippen LogP contribution in [-0.2, 0) is 7.05 Å². The standard InChI is InChI=1S/C9H11N3.C2H6/c1-6-4-5-10-9-8(6)7(2)11-12(9)3;1-2/h4-5H,1-3H3;1-2H3. The van der Waals surface area contributed by atoms with Gasteiger partial charge in [-0.3, -0.25) is 4.68 Å². The summed E-state index contributed by atoms with van der Waals surface area (Å²) in [4.78, 5) is 4.26. The lowest BCUT2D eigenvalue weighted by Gasteiger charge is -1.94. The Morgan fingerprint density at radius 1 is 1.21 bits per heavy atom. The summed E-state index contributed by atoms with van der Waals surface area (Å²) in [5.74, 6) is 0. The van der Waals surface area contributed by atoms with Crippen LogP contribution in [0.25, 0.3) is 11.0 Å². The smallest absolute Gasteiger partial charge is 0.157 e. The van der Waals surface area contributed by atoms with Gasteiger partial charge < -0.3 is 0 Å². The second-order valence-corrected chi connectivity index (χ2v) is 3.04. The molecule has 2 aromatic heterocycles. The molecule has 2 aromatic rings. The van der Waals surface area contributed by atoms with Crippen molar-refractivity contribution in [2.24, 2.45) is 7.05 Å². The Morgan fingerprint density at radius 2 is 1.86 bits per heavy atom. The van der Waals surface area contributed by atoms with Crippen LogP contribution in [0.15, 0.2) is 12.3 Å². The normalized spacial score (nSPS) is 9.79. The highest BCUT2D eigenvalue weighted by Gasteiger charge is 2.06. The predicted octanol–water partition coefficient (Wildman–Crippen LogP) is 2.61. The monoisotopic (exact) mass is 191 g/mol. The van der Waals surface area contributed by atoms with E-state index in [2.05, 4.69) is 17.0 Å². The summed E-state index contributed by atoms with van der Waals surface area (Å²) in [7, 11) is 1.92. The second-order valence-electron chi connectivity index (χ2n) is 3.04. The zero-order valence-corrected chi connectivity index (χ0v) is 9.50. The number of hydrogen-bond acceptors (Lipinski definition) is 2. The van der Waals surface area contributed by atoms with Crippen LogP contribution in [0.2, 0.25) is 0 Å². The van der Waals surface area contributed by atoms with Gasteiger partial charge in [0.05, 0.1) is 5.69 Å². The molecule has 0 atom stereocenters. The zero-order valence-electron chi connectivity index (χ0n) is 9.50. The third-order valence-corrected chi connectivity index (χ3v) is 2.11. The van der Waals surface area contributed by atoms with Crippen LogP contribution in [0.3, 0.4) is 0 Å². The van der Waals surface area contributed by atoms with E-state index in [0.717, 1.165) is 11.3 Å². The number of rotatable bonds is 0. The molecule has 0 aromatic carbocycles. The number of aromatic nitrogens is 3. The van der Waals surface area contributed by atoms with Gasteiger partial charge in [-0.2, -0.15) is 5.10 Å². The highest BCUT2D eigenvalue weighted by Crippen LogP contribution is 2.18. The van der Waals surface area contributed by atoms with Gasteiger partial charge in [0.25, 0.3) is 0 Å². The molecule has 0 bridgehead atoms. The molecule has 14 heavy (non-hydrogen) atoms. The minimum absolute atomic E-state index is 0.965. The lowest BCUT2D eigenvalue weighted by molar-refractivity contribution is 0.774. The summed E-state index contributed by atoms with van der Waals surface area (Å²) in [6.07, 6.45) is 1.82. The molecule has 0 fully saturated rings. The van der Waals surface area contributed by atoms with Crippen LogP contribution in [-0.4, -0.2) is 14.8 Å². The van der Waals surface area contributed by atoms with Gasteiger partial charge in [0, 0.05) is 18.6 Å². The first-order valence-electron chi connectivity index (χ1n) is 4.95. The third kappa shape index (κ3) is 1.62. The topological polar surface area (TPSA) is 30.7 Å². The molecule has 0 amide bonds. The molecule has 0 aliphatic carbocycles. The Morgan fingerprint density at radius 3 is 2.43 bits per heavy atom. The summed E-state index contributed by atoms with van der Waals surface area (Å²) in [5.41, 5.74) is 3.26. The molecule has 0 aliphatic rings. The number of pyridine rings is 1. The minimum Gasteiger partial charge on any atom is -0.250 e.